The van der Waals surface area contributed by atoms with Gasteiger partial charge in [0.05, 0.1) is 13.2 Å². The molecule has 0 aromatic carbocycles. The molecule has 144 valence electrons. The first kappa shape index (κ1) is 18.0. The third kappa shape index (κ3) is 2.43. The summed E-state index contributed by atoms with van der Waals surface area (Å²) in [5.74, 6) is 6.76. The van der Waals surface area contributed by atoms with Crippen molar-refractivity contribution in [2.75, 3.05) is 13.2 Å². The fraction of sp³-hybridized carbons (Fsp3) is 0.909. The molecule has 26 heavy (non-hydrogen) atoms. The lowest BCUT2D eigenvalue weighted by Gasteiger charge is -2.57. The van der Waals surface area contributed by atoms with E-state index in [-0.39, 0.29) is 11.2 Å². The van der Waals surface area contributed by atoms with Crippen LogP contribution in [-0.4, -0.2) is 29.7 Å². The van der Waals surface area contributed by atoms with Gasteiger partial charge in [0.2, 0.25) is 0 Å². The number of hydrogen-bond acceptors (Lipinski definition) is 3. The van der Waals surface area contributed by atoms with Crippen molar-refractivity contribution < 1.29 is 14.6 Å². The van der Waals surface area contributed by atoms with Gasteiger partial charge in [0.15, 0.2) is 5.79 Å². The Hall–Kier alpha value is -0.0800. The molecular formula is C22H31BrO3. The minimum Gasteiger partial charge on any atom is -0.377 e. The van der Waals surface area contributed by atoms with E-state index in [0.717, 1.165) is 69.0 Å². The first-order chi connectivity index (χ1) is 12.5. The Morgan fingerprint density at radius 3 is 2.46 bits per heavy atom. The third-order valence-corrected chi connectivity index (χ3v) is 9.37. The molecule has 0 unspecified atom stereocenters. The van der Waals surface area contributed by atoms with Gasteiger partial charge in [-0.1, -0.05) is 12.8 Å². The average Bonchev–Trinajstić information content (AvgIpc) is 3.18. The Labute approximate surface area is 165 Å². The topological polar surface area (TPSA) is 38.7 Å². The number of rotatable bonds is 0. The van der Waals surface area contributed by atoms with Gasteiger partial charge in [-0.25, -0.2) is 0 Å². The summed E-state index contributed by atoms with van der Waals surface area (Å²) in [6, 6.07) is 0. The summed E-state index contributed by atoms with van der Waals surface area (Å²) in [6.07, 6.45) is 10.5. The van der Waals surface area contributed by atoms with Crippen LogP contribution in [0.3, 0.4) is 0 Å². The Balaban J connectivity index is 1.37. The molecule has 5 fully saturated rings. The first-order valence-electron chi connectivity index (χ1n) is 10.6. The molecule has 1 saturated heterocycles. The number of hydrogen-bond donors (Lipinski definition) is 1. The van der Waals surface area contributed by atoms with E-state index < -0.39 is 5.60 Å². The number of halogens is 1. The van der Waals surface area contributed by atoms with Crippen LogP contribution in [0.1, 0.15) is 64.7 Å². The van der Waals surface area contributed by atoms with Crippen LogP contribution in [0, 0.1) is 45.8 Å². The van der Waals surface area contributed by atoms with Gasteiger partial charge in [-0.05, 0) is 79.4 Å². The summed E-state index contributed by atoms with van der Waals surface area (Å²) in [6.45, 7) is 3.87. The lowest BCUT2D eigenvalue weighted by molar-refractivity contribution is -0.210. The molecule has 5 aliphatic rings. The van der Waals surface area contributed by atoms with Crippen molar-refractivity contribution in [1.82, 2.24) is 0 Å². The van der Waals surface area contributed by atoms with Crippen LogP contribution in [0.25, 0.3) is 0 Å². The molecule has 3 nitrogen and oxygen atoms in total. The van der Waals surface area contributed by atoms with E-state index in [9.17, 15) is 5.11 Å². The fourth-order valence-corrected chi connectivity index (χ4v) is 8.21. The Morgan fingerprint density at radius 2 is 1.69 bits per heavy atom. The van der Waals surface area contributed by atoms with E-state index in [0.29, 0.717) is 5.92 Å². The van der Waals surface area contributed by atoms with E-state index in [2.05, 4.69) is 33.6 Å². The Kier molecular flexibility index (Phi) is 4.29. The molecule has 1 heterocycles. The lowest BCUT2D eigenvalue weighted by Crippen LogP contribution is -2.54. The summed E-state index contributed by atoms with van der Waals surface area (Å²) >= 11 is 3.23. The molecule has 1 spiro atoms. The summed E-state index contributed by atoms with van der Waals surface area (Å²) in [5, 5.41) is 11.3. The van der Waals surface area contributed by atoms with Gasteiger partial charge >= 0.3 is 0 Å². The Morgan fingerprint density at radius 1 is 0.923 bits per heavy atom. The zero-order valence-corrected chi connectivity index (χ0v) is 17.4. The van der Waals surface area contributed by atoms with E-state index in [1.807, 2.05) is 0 Å². The second-order valence-electron chi connectivity index (χ2n) is 9.86. The van der Waals surface area contributed by atoms with Crippen molar-refractivity contribution in [2.45, 2.75) is 76.1 Å². The lowest BCUT2D eigenvalue weighted by atomic mass is 9.49. The normalized spacial score (nSPS) is 51.9. The van der Waals surface area contributed by atoms with Crippen molar-refractivity contribution in [2.24, 2.45) is 35.0 Å². The number of fused-ring (bicyclic) bond motifs is 5. The summed E-state index contributed by atoms with van der Waals surface area (Å²) < 4.78 is 12.1. The highest BCUT2D eigenvalue weighted by molar-refractivity contribution is 9.12. The number of aliphatic hydroxyl groups is 1. The third-order valence-electron chi connectivity index (χ3n) is 9.17. The fourth-order valence-electron chi connectivity index (χ4n) is 7.88. The molecule has 4 saturated carbocycles. The van der Waals surface area contributed by atoms with E-state index in [4.69, 9.17) is 9.47 Å². The zero-order valence-electron chi connectivity index (χ0n) is 15.8. The molecule has 0 aromatic rings. The average molecular weight is 423 g/mol. The van der Waals surface area contributed by atoms with Crippen LogP contribution in [0.2, 0.25) is 0 Å². The van der Waals surface area contributed by atoms with Crippen molar-refractivity contribution in [3.8, 4) is 10.8 Å². The van der Waals surface area contributed by atoms with Gasteiger partial charge in [0.25, 0.3) is 0 Å². The SMILES string of the molecule is C[C@]12CC[C@H]3[C@@H](CC[C@H]4CC5(CC[C@@H]43)OCCO5)[C@@H]1CC[C@@]2(O)C#CBr. The molecule has 0 amide bonds. The highest BCUT2D eigenvalue weighted by atomic mass is 79.9. The van der Waals surface area contributed by atoms with Gasteiger partial charge < -0.3 is 14.6 Å². The van der Waals surface area contributed by atoms with Gasteiger partial charge in [-0.2, -0.15) is 0 Å². The minimum atomic E-state index is -0.800. The molecule has 4 heteroatoms. The van der Waals surface area contributed by atoms with E-state index >= 15 is 0 Å². The van der Waals surface area contributed by atoms with Gasteiger partial charge in [0, 0.05) is 34.2 Å². The highest BCUT2D eigenvalue weighted by Gasteiger charge is 2.63. The molecule has 1 N–H and O–H groups in total. The van der Waals surface area contributed by atoms with Gasteiger partial charge in [0.1, 0.15) is 5.60 Å². The molecule has 4 aliphatic carbocycles. The van der Waals surface area contributed by atoms with Crippen LogP contribution in [0.4, 0.5) is 0 Å². The van der Waals surface area contributed by atoms with Crippen LogP contribution in [-0.2, 0) is 9.47 Å². The van der Waals surface area contributed by atoms with E-state index in [1.54, 1.807) is 0 Å². The van der Waals surface area contributed by atoms with Crippen LogP contribution in [0.5, 0.6) is 0 Å². The summed E-state index contributed by atoms with van der Waals surface area (Å²) in [7, 11) is 0. The molecule has 7 atom stereocenters. The van der Waals surface area contributed by atoms with Gasteiger partial charge in [-0.3, -0.25) is 0 Å². The van der Waals surface area contributed by atoms with Crippen molar-refractivity contribution in [3.05, 3.63) is 0 Å². The maximum absolute atomic E-state index is 11.3. The number of ether oxygens (including phenoxy) is 2. The van der Waals surface area contributed by atoms with Crippen molar-refractivity contribution in [3.63, 3.8) is 0 Å². The van der Waals surface area contributed by atoms with Crippen molar-refractivity contribution in [1.29, 1.82) is 0 Å². The molecule has 5 rings (SSSR count). The smallest absolute Gasteiger partial charge is 0.168 e. The van der Waals surface area contributed by atoms with Crippen molar-refractivity contribution >= 4 is 15.9 Å². The first-order valence-corrected chi connectivity index (χ1v) is 11.4. The maximum Gasteiger partial charge on any atom is 0.168 e. The predicted octanol–water partition coefficient (Wildman–Crippen LogP) is 4.47. The molecule has 0 bridgehead atoms. The monoisotopic (exact) mass is 422 g/mol. The maximum atomic E-state index is 11.3. The second-order valence-corrected chi connectivity index (χ2v) is 10.3. The largest absolute Gasteiger partial charge is 0.377 e. The summed E-state index contributed by atoms with van der Waals surface area (Å²) in [4.78, 5) is 2.84. The minimum absolute atomic E-state index is 0.0324. The van der Waals surface area contributed by atoms with Crippen LogP contribution in [0.15, 0.2) is 0 Å². The highest BCUT2D eigenvalue weighted by Crippen LogP contribution is 2.65. The van der Waals surface area contributed by atoms with Crippen LogP contribution >= 0.6 is 15.9 Å². The molecule has 1 aliphatic heterocycles. The van der Waals surface area contributed by atoms with E-state index in [1.165, 1.54) is 25.7 Å². The zero-order chi connectivity index (χ0) is 18.0. The molecular weight excluding hydrogens is 392 g/mol. The second kappa shape index (κ2) is 6.21. The van der Waals surface area contributed by atoms with Gasteiger partial charge in [-0.15, -0.1) is 0 Å². The predicted molar refractivity (Wildman–Crippen MR) is 103 cm³/mol. The standard InChI is InChI=1S/C22H31BrO3/c1-20-7-4-17-16-5-9-22(25-12-13-26-22)14-15(16)2-3-18(17)19(20)6-8-21(20,24)10-11-23/h15-19,24H,2-9,12-14H2,1H3/t15-,16-,17+,18+,19-,20-,21+/m0/s1. The summed E-state index contributed by atoms with van der Waals surface area (Å²) in [5.41, 5.74) is -0.833. The molecule has 0 radical (unpaired) electrons. The van der Waals surface area contributed by atoms with Crippen LogP contribution < -0.4 is 0 Å². The quantitative estimate of drug-likeness (QED) is 0.585. The molecule has 0 aromatic heterocycles. The Bertz CT molecular complexity index is 633.